The van der Waals surface area contributed by atoms with Crippen molar-refractivity contribution >= 4 is 11.6 Å². The van der Waals surface area contributed by atoms with Crippen LogP contribution in [-0.2, 0) is 0 Å². The van der Waals surface area contributed by atoms with Crippen molar-refractivity contribution < 1.29 is 28.7 Å². The summed E-state index contributed by atoms with van der Waals surface area (Å²) >= 11 is 0. The molecule has 0 atom stereocenters. The highest BCUT2D eigenvalue weighted by Crippen LogP contribution is 2.34. The lowest BCUT2D eigenvalue weighted by molar-refractivity contribution is -0.385. The van der Waals surface area contributed by atoms with Crippen LogP contribution in [0.3, 0.4) is 0 Å². The Morgan fingerprint density at radius 1 is 0.970 bits per heavy atom. The number of ether oxygens (including phenoxy) is 4. The molecule has 33 heavy (non-hydrogen) atoms. The number of carbonyl (C=O) groups excluding carboxylic acids is 1. The van der Waals surface area contributed by atoms with Gasteiger partial charge < -0.3 is 24.3 Å². The largest absolute Gasteiger partial charge is 0.497 e. The Bertz CT molecular complexity index is 1120. The summed E-state index contributed by atoms with van der Waals surface area (Å²) in [6.45, 7) is 0.176. The zero-order valence-corrected chi connectivity index (χ0v) is 18.2. The van der Waals surface area contributed by atoms with Crippen LogP contribution in [0.25, 0.3) is 11.3 Å². The Morgan fingerprint density at radius 3 is 2.24 bits per heavy atom. The molecule has 0 fully saturated rings. The fraction of sp³-hybridized carbons (Fsp3) is 0.227. The van der Waals surface area contributed by atoms with E-state index in [9.17, 15) is 14.9 Å². The molecule has 3 rings (SSSR count). The molecule has 0 spiro atoms. The molecule has 3 aromatic rings. The Hall–Kier alpha value is -4.41. The van der Waals surface area contributed by atoms with Gasteiger partial charge in [-0.05, 0) is 30.3 Å². The standard InChI is InChI=1S/C22H22N4O7/c1-30-15-6-4-14(5-7-15)17-8-9-21(25-24-17)33-11-10-23-22(27)16-12-19(31-2)20(32-3)13-18(16)26(28)29/h4-9,12-13H,10-11H2,1-3H3,(H,23,27). The Morgan fingerprint density at radius 2 is 1.67 bits per heavy atom. The Balaban J connectivity index is 1.57. The van der Waals surface area contributed by atoms with E-state index in [0.717, 1.165) is 17.4 Å². The van der Waals surface area contributed by atoms with Crippen LogP contribution >= 0.6 is 0 Å². The van der Waals surface area contributed by atoms with Crippen molar-refractivity contribution in [3.63, 3.8) is 0 Å². The summed E-state index contributed by atoms with van der Waals surface area (Å²) in [6.07, 6.45) is 0. The molecule has 0 bridgehead atoms. The van der Waals surface area contributed by atoms with Gasteiger partial charge in [0.05, 0.1) is 44.6 Å². The first-order valence-corrected chi connectivity index (χ1v) is 9.76. The molecule has 11 heteroatoms. The van der Waals surface area contributed by atoms with E-state index < -0.39 is 16.5 Å². The van der Waals surface area contributed by atoms with Gasteiger partial charge in [0.25, 0.3) is 11.6 Å². The van der Waals surface area contributed by atoms with Gasteiger partial charge in [-0.3, -0.25) is 14.9 Å². The fourth-order valence-electron chi connectivity index (χ4n) is 2.93. The SMILES string of the molecule is COc1ccc(-c2ccc(OCCNC(=O)c3cc(OC)c(OC)cc3[N+](=O)[O-])nn2)cc1. The smallest absolute Gasteiger partial charge is 0.286 e. The lowest BCUT2D eigenvalue weighted by Crippen LogP contribution is -2.28. The van der Waals surface area contributed by atoms with Gasteiger partial charge in [0.2, 0.25) is 5.88 Å². The average molecular weight is 454 g/mol. The summed E-state index contributed by atoms with van der Waals surface area (Å²) in [5.74, 6) is 0.732. The molecule has 1 heterocycles. The third-order valence-corrected chi connectivity index (χ3v) is 4.61. The van der Waals surface area contributed by atoms with Gasteiger partial charge in [-0.15, -0.1) is 10.2 Å². The van der Waals surface area contributed by atoms with Gasteiger partial charge in [0.15, 0.2) is 11.5 Å². The van der Waals surface area contributed by atoms with Crippen LogP contribution in [0.1, 0.15) is 10.4 Å². The molecule has 0 unspecified atom stereocenters. The lowest BCUT2D eigenvalue weighted by Gasteiger charge is -2.11. The van der Waals surface area contributed by atoms with E-state index in [4.69, 9.17) is 18.9 Å². The molecule has 0 radical (unpaired) electrons. The number of carbonyl (C=O) groups is 1. The molecule has 2 aromatic carbocycles. The first-order valence-electron chi connectivity index (χ1n) is 9.76. The molecule has 0 aliphatic heterocycles. The number of hydrogen-bond acceptors (Lipinski definition) is 9. The van der Waals surface area contributed by atoms with Crippen LogP contribution < -0.4 is 24.3 Å². The van der Waals surface area contributed by atoms with Crippen LogP contribution in [0.4, 0.5) is 5.69 Å². The summed E-state index contributed by atoms with van der Waals surface area (Å²) < 4.78 is 20.8. The predicted octanol–water partition coefficient (Wildman–Crippen LogP) is 2.89. The molecule has 0 aliphatic carbocycles. The lowest BCUT2D eigenvalue weighted by atomic mass is 10.1. The molecule has 1 N–H and O–H groups in total. The zero-order chi connectivity index (χ0) is 23.8. The second-order valence-corrected chi connectivity index (χ2v) is 6.57. The van der Waals surface area contributed by atoms with Crippen LogP contribution in [0, 0.1) is 10.1 Å². The van der Waals surface area contributed by atoms with Gasteiger partial charge in [0, 0.05) is 17.7 Å². The van der Waals surface area contributed by atoms with Crippen molar-refractivity contribution in [2.24, 2.45) is 0 Å². The van der Waals surface area contributed by atoms with Crippen LogP contribution in [0.2, 0.25) is 0 Å². The van der Waals surface area contributed by atoms with E-state index in [1.807, 2.05) is 24.3 Å². The number of nitrogens with one attached hydrogen (secondary N) is 1. The number of methoxy groups -OCH3 is 3. The molecular weight excluding hydrogens is 432 g/mol. The number of nitro groups is 1. The molecule has 0 saturated carbocycles. The third kappa shape index (κ3) is 5.64. The number of aromatic nitrogens is 2. The fourth-order valence-corrected chi connectivity index (χ4v) is 2.93. The first-order chi connectivity index (χ1) is 16.0. The molecule has 172 valence electrons. The number of nitro benzene ring substituents is 1. The zero-order valence-electron chi connectivity index (χ0n) is 18.2. The normalized spacial score (nSPS) is 10.3. The summed E-state index contributed by atoms with van der Waals surface area (Å²) in [7, 11) is 4.32. The number of benzene rings is 2. The van der Waals surface area contributed by atoms with Gasteiger partial charge in [-0.2, -0.15) is 0 Å². The van der Waals surface area contributed by atoms with E-state index in [2.05, 4.69) is 15.5 Å². The minimum atomic E-state index is -0.659. The number of amides is 1. The highest BCUT2D eigenvalue weighted by Gasteiger charge is 2.24. The van der Waals surface area contributed by atoms with Gasteiger partial charge >= 0.3 is 0 Å². The van der Waals surface area contributed by atoms with Gasteiger partial charge in [0.1, 0.15) is 17.9 Å². The van der Waals surface area contributed by atoms with Crippen LogP contribution in [0.5, 0.6) is 23.1 Å². The first kappa shape index (κ1) is 23.3. The molecule has 1 amide bonds. The van der Waals surface area contributed by atoms with E-state index in [-0.39, 0.29) is 36.1 Å². The van der Waals surface area contributed by atoms with Crippen molar-refractivity contribution in [3.8, 4) is 34.4 Å². The van der Waals surface area contributed by atoms with Gasteiger partial charge in [-0.1, -0.05) is 0 Å². The summed E-state index contributed by atoms with van der Waals surface area (Å²) in [4.78, 5) is 23.2. The molecular formula is C22H22N4O7. The summed E-state index contributed by atoms with van der Waals surface area (Å²) in [5.41, 5.74) is 0.991. The minimum absolute atomic E-state index is 0.0867. The Labute approximate surface area is 189 Å². The Kier molecular flexibility index (Phi) is 7.58. The van der Waals surface area contributed by atoms with Crippen LogP contribution in [0.15, 0.2) is 48.5 Å². The number of hydrogen-bond donors (Lipinski definition) is 1. The second kappa shape index (κ2) is 10.8. The highest BCUT2D eigenvalue weighted by molar-refractivity contribution is 5.99. The third-order valence-electron chi connectivity index (χ3n) is 4.61. The van der Waals surface area contributed by atoms with Crippen molar-refractivity contribution in [2.75, 3.05) is 34.5 Å². The van der Waals surface area contributed by atoms with Crippen molar-refractivity contribution in [3.05, 3.63) is 64.2 Å². The van der Waals surface area contributed by atoms with Crippen molar-refractivity contribution in [1.82, 2.24) is 15.5 Å². The minimum Gasteiger partial charge on any atom is -0.497 e. The maximum Gasteiger partial charge on any atom is 0.286 e. The maximum absolute atomic E-state index is 12.5. The number of nitrogens with zero attached hydrogens (tertiary/aromatic N) is 3. The molecule has 11 nitrogen and oxygen atoms in total. The highest BCUT2D eigenvalue weighted by atomic mass is 16.6. The molecule has 0 aliphatic rings. The average Bonchev–Trinajstić information content (AvgIpc) is 2.86. The van der Waals surface area contributed by atoms with Crippen molar-refractivity contribution in [2.45, 2.75) is 0 Å². The summed E-state index contributed by atoms with van der Waals surface area (Å²) in [6, 6.07) is 13.2. The summed E-state index contributed by atoms with van der Waals surface area (Å²) in [5, 5.41) is 22.1. The monoisotopic (exact) mass is 454 g/mol. The van der Waals surface area contributed by atoms with E-state index >= 15 is 0 Å². The number of rotatable bonds is 10. The van der Waals surface area contributed by atoms with Gasteiger partial charge in [-0.25, -0.2) is 0 Å². The maximum atomic E-state index is 12.5. The van der Waals surface area contributed by atoms with E-state index in [0.29, 0.717) is 5.69 Å². The quantitative estimate of drug-likeness (QED) is 0.279. The van der Waals surface area contributed by atoms with Crippen molar-refractivity contribution in [1.29, 1.82) is 0 Å². The van der Waals surface area contributed by atoms with Crippen LogP contribution in [-0.4, -0.2) is 55.5 Å². The molecule has 1 aromatic heterocycles. The second-order valence-electron chi connectivity index (χ2n) is 6.57. The van der Waals surface area contributed by atoms with E-state index in [1.165, 1.54) is 20.3 Å². The topological polar surface area (TPSA) is 135 Å². The molecule has 0 saturated heterocycles. The predicted molar refractivity (Wildman–Crippen MR) is 118 cm³/mol. The van der Waals surface area contributed by atoms with E-state index in [1.54, 1.807) is 19.2 Å².